The van der Waals surface area contributed by atoms with E-state index in [-0.39, 0.29) is 5.82 Å². The van der Waals surface area contributed by atoms with E-state index in [4.69, 9.17) is 11.6 Å². The number of nitrogens with one attached hydrogen (secondary N) is 1. The molecular formula is C13H17ClFN. The van der Waals surface area contributed by atoms with Gasteiger partial charge in [-0.2, -0.15) is 0 Å². The highest BCUT2D eigenvalue weighted by atomic mass is 35.5. The van der Waals surface area contributed by atoms with Gasteiger partial charge in [0, 0.05) is 17.1 Å². The number of hydrogen-bond donors (Lipinski definition) is 1. The average molecular weight is 242 g/mol. The van der Waals surface area contributed by atoms with Gasteiger partial charge in [-0.1, -0.05) is 36.9 Å². The lowest BCUT2D eigenvalue weighted by atomic mass is 9.83. The summed E-state index contributed by atoms with van der Waals surface area (Å²) in [7, 11) is 0. The van der Waals surface area contributed by atoms with E-state index in [2.05, 4.69) is 5.32 Å². The first-order valence-corrected chi connectivity index (χ1v) is 6.29. The number of benzene rings is 1. The Labute approximate surface area is 101 Å². The first kappa shape index (κ1) is 11.9. The normalized spacial score (nSPS) is 16.1. The van der Waals surface area contributed by atoms with E-state index in [0.29, 0.717) is 17.1 Å². The van der Waals surface area contributed by atoms with Crippen LogP contribution in [-0.4, -0.2) is 6.54 Å². The highest BCUT2D eigenvalue weighted by molar-refractivity contribution is 6.31. The molecule has 0 heterocycles. The number of halogens is 2. The maximum absolute atomic E-state index is 13.4. The summed E-state index contributed by atoms with van der Waals surface area (Å²) in [5.74, 6) is 0.673. The van der Waals surface area contributed by atoms with Crippen molar-refractivity contribution in [3.8, 4) is 0 Å². The molecule has 3 heteroatoms. The van der Waals surface area contributed by atoms with Gasteiger partial charge in [-0.25, -0.2) is 4.39 Å². The van der Waals surface area contributed by atoms with Crippen LogP contribution >= 0.6 is 11.6 Å². The summed E-state index contributed by atoms with van der Waals surface area (Å²) < 4.78 is 13.4. The summed E-state index contributed by atoms with van der Waals surface area (Å²) in [4.78, 5) is 0. The summed E-state index contributed by atoms with van der Waals surface area (Å²) in [6, 6.07) is 4.82. The lowest BCUT2D eigenvalue weighted by Gasteiger charge is -2.25. The zero-order valence-electron chi connectivity index (χ0n) is 9.31. The van der Waals surface area contributed by atoms with Gasteiger partial charge in [0.25, 0.3) is 0 Å². The molecule has 0 saturated heterocycles. The van der Waals surface area contributed by atoms with Crippen LogP contribution in [0.1, 0.15) is 31.2 Å². The van der Waals surface area contributed by atoms with Crippen molar-refractivity contribution in [3.05, 3.63) is 34.6 Å². The van der Waals surface area contributed by atoms with Crippen LogP contribution in [-0.2, 0) is 6.54 Å². The molecule has 1 fully saturated rings. The molecule has 0 amide bonds. The molecule has 1 nitrogen and oxygen atoms in total. The molecule has 0 atom stereocenters. The second-order valence-corrected chi connectivity index (χ2v) is 4.87. The zero-order chi connectivity index (χ0) is 11.4. The van der Waals surface area contributed by atoms with Crippen LogP contribution in [0.3, 0.4) is 0 Å². The first-order chi connectivity index (χ1) is 7.77. The van der Waals surface area contributed by atoms with Crippen LogP contribution in [0.2, 0.25) is 5.02 Å². The van der Waals surface area contributed by atoms with Crippen molar-refractivity contribution in [1.82, 2.24) is 5.32 Å². The molecule has 1 aliphatic carbocycles. The minimum Gasteiger partial charge on any atom is -0.313 e. The lowest BCUT2D eigenvalue weighted by Crippen LogP contribution is -2.21. The van der Waals surface area contributed by atoms with Crippen molar-refractivity contribution >= 4 is 11.6 Å². The monoisotopic (exact) mass is 241 g/mol. The number of hydrogen-bond acceptors (Lipinski definition) is 1. The third kappa shape index (κ3) is 2.96. The Morgan fingerprint density at radius 1 is 1.38 bits per heavy atom. The van der Waals surface area contributed by atoms with E-state index in [1.807, 2.05) is 0 Å². The van der Waals surface area contributed by atoms with Crippen LogP contribution in [0.15, 0.2) is 18.2 Å². The standard InChI is InChI=1S/C13H17ClFN/c14-12-5-2-6-13(15)11(12)9-16-8-7-10-3-1-4-10/h2,5-6,10,16H,1,3-4,7-9H2. The Morgan fingerprint density at radius 3 is 2.81 bits per heavy atom. The molecule has 1 saturated carbocycles. The molecule has 0 radical (unpaired) electrons. The Morgan fingerprint density at radius 2 is 2.19 bits per heavy atom. The van der Waals surface area contributed by atoms with E-state index in [9.17, 15) is 4.39 Å². The first-order valence-electron chi connectivity index (χ1n) is 5.91. The Bertz CT molecular complexity index is 330. The van der Waals surface area contributed by atoms with E-state index >= 15 is 0 Å². The second kappa shape index (κ2) is 5.65. The maximum atomic E-state index is 13.4. The molecule has 1 aromatic rings. The van der Waals surface area contributed by atoms with Gasteiger partial charge in [-0.05, 0) is 31.0 Å². The Hall–Kier alpha value is -0.600. The molecule has 1 N–H and O–H groups in total. The average Bonchev–Trinajstić information content (AvgIpc) is 2.19. The van der Waals surface area contributed by atoms with Crippen molar-refractivity contribution < 1.29 is 4.39 Å². The summed E-state index contributed by atoms with van der Waals surface area (Å²) in [6.07, 6.45) is 5.31. The predicted octanol–water partition coefficient (Wildman–Crippen LogP) is 3.76. The molecule has 0 spiro atoms. The fraction of sp³-hybridized carbons (Fsp3) is 0.538. The minimum atomic E-state index is -0.219. The second-order valence-electron chi connectivity index (χ2n) is 4.46. The molecule has 0 unspecified atom stereocenters. The smallest absolute Gasteiger partial charge is 0.129 e. The largest absolute Gasteiger partial charge is 0.313 e. The molecule has 1 aromatic carbocycles. The van der Waals surface area contributed by atoms with Crippen LogP contribution in [0, 0.1) is 11.7 Å². The van der Waals surface area contributed by atoms with E-state index in [1.165, 1.54) is 31.7 Å². The lowest BCUT2D eigenvalue weighted by molar-refractivity contribution is 0.292. The summed E-state index contributed by atoms with van der Waals surface area (Å²) in [6.45, 7) is 1.48. The molecule has 2 rings (SSSR count). The van der Waals surface area contributed by atoms with Crippen molar-refractivity contribution in [3.63, 3.8) is 0 Å². The molecule has 0 bridgehead atoms. The van der Waals surface area contributed by atoms with Gasteiger partial charge in [0.05, 0.1) is 0 Å². The van der Waals surface area contributed by atoms with Crippen LogP contribution < -0.4 is 5.32 Å². The molecule has 88 valence electrons. The Kier molecular flexibility index (Phi) is 4.19. The van der Waals surface area contributed by atoms with Crippen molar-refractivity contribution in [2.45, 2.75) is 32.2 Å². The van der Waals surface area contributed by atoms with Crippen LogP contribution in [0.5, 0.6) is 0 Å². The quantitative estimate of drug-likeness (QED) is 0.774. The SMILES string of the molecule is Fc1cccc(Cl)c1CNCCC1CCC1. The van der Waals surface area contributed by atoms with E-state index in [0.717, 1.165) is 12.5 Å². The molecule has 0 aromatic heterocycles. The van der Waals surface area contributed by atoms with Crippen LogP contribution in [0.4, 0.5) is 4.39 Å². The van der Waals surface area contributed by atoms with Gasteiger partial charge in [0.2, 0.25) is 0 Å². The van der Waals surface area contributed by atoms with Gasteiger partial charge in [0.15, 0.2) is 0 Å². The third-order valence-corrected chi connectivity index (χ3v) is 3.67. The van der Waals surface area contributed by atoms with E-state index in [1.54, 1.807) is 12.1 Å². The maximum Gasteiger partial charge on any atom is 0.129 e. The molecule has 16 heavy (non-hydrogen) atoms. The van der Waals surface area contributed by atoms with Crippen molar-refractivity contribution in [2.75, 3.05) is 6.54 Å². The highest BCUT2D eigenvalue weighted by Crippen LogP contribution is 2.28. The summed E-state index contributed by atoms with van der Waals surface area (Å²) >= 11 is 5.93. The van der Waals surface area contributed by atoms with Gasteiger partial charge >= 0.3 is 0 Å². The molecule has 0 aliphatic heterocycles. The third-order valence-electron chi connectivity index (χ3n) is 3.32. The van der Waals surface area contributed by atoms with Gasteiger partial charge in [0.1, 0.15) is 5.82 Å². The fourth-order valence-electron chi connectivity index (χ4n) is 2.00. The highest BCUT2D eigenvalue weighted by Gasteiger charge is 2.16. The van der Waals surface area contributed by atoms with Gasteiger partial charge < -0.3 is 5.32 Å². The van der Waals surface area contributed by atoms with Crippen LogP contribution in [0.25, 0.3) is 0 Å². The fourth-order valence-corrected chi connectivity index (χ4v) is 2.23. The van der Waals surface area contributed by atoms with E-state index < -0.39 is 0 Å². The predicted molar refractivity (Wildman–Crippen MR) is 65.1 cm³/mol. The van der Waals surface area contributed by atoms with Crippen molar-refractivity contribution in [2.24, 2.45) is 5.92 Å². The topological polar surface area (TPSA) is 12.0 Å². The molecule has 1 aliphatic rings. The van der Waals surface area contributed by atoms with Gasteiger partial charge in [-0.15, -0.1) is 0 Å². The summed E-state index contributed by atoms with van der Waals surface area (Å²) in [5, 5.41) is 3.77. The summed E-state index contributed by atoms with van der Waals surface area (Å²) in [5.41, 5.74) is 0.581. The minimum absolute atomic E-state index is 0.219. The molecular weight excluding hydrogens is 225 g/mol. The number of rotatable bonds is 5. The van der Waals surface area contributed by atoms with Crippen molar-refractivity contribution in [1.29, 1.82) is 0 Å². The van der Waals surface area contributed by atoms with Gasteiger partial charge in [-0.3, -0.25) is 0 Å². The Balaban J connectivity index is 1.75. The zero-order valence-corrected chi connectivity index (χ0v) is 10.1.